The number of carbonyl (C=O) groups excluding carboxylic acids is 2. The molecule has 0 saturated carbocycles. The van der Waals surface area contributed by atoms with E-state index in [4.69, 9.17) is 4.74 Å². The molecule has 0 bridgehead atoms. The lowest BCUT2D eigenvalue weighted by atomic mass is 10.1. The number of ether oxygens (including phenoxy) is 1. The van der Waals surface area contributed by atoms with E-state index in [9.17, 15) is 18.0 Å². The summed E-state index contributed by atoms with van der Waals surface area (Å²) in [7, 11) is -2.07. The van der Waals surface area contributed by atoms with Gasteiger partial charge in [-0.05, 0) is 56.0 Å². The molecule has 0 aliphatic carbocycles. The highest BCUT2D eigenvalue weighted by Crippen LogP contribution is 2.24. The van der Waals surface area contributed by atoms with E-state index in [0.717, 1.165) is 19.3 Å². The third-order valence-electron chi connectivity index (χ3n) is 5.64. The first-order valence-electron chi connectivity index (χ1n) is 11.1. The maximum atomic E-state index is 13.1. The van der Waals surface area contributed by atoms with Gasteiger partial charge in [-0.1, -0.05) is 24.6 Å². The summed E-state index contributed by atoms with van der Waals surface area (Å²) in [4.78, 5) is 25.8. The van der Waals surface area contributed by atoms with Crippen LogP contribution in [-0.4, -0.2) is 57.9 Å². The van der Waals surface area contributed by atoms with Crippen LogP contribution in [0, 0.1) is 6.92 Å². The number of aryl methyl sites for hydroxylation is 1. The number of rotatable bonds is 9. The van der Waals surface area contributed by atoms with E-state index in [1.807, 2.05) is 0 Å². The summed E-state index contributed by atoms with van der Waals surface area (Å²) in [6, 6.07) is 11.3. The van der Waals surface area contributed by atoms with Gasteiger partial charge in [-0.25, -0.2) is 8.42 Å². The lowest BCUT2D eigenvalue weighted by Gasteiger charge is -2.26. The maximum absolute atomic E-state index is 13.1. The van der Waals surface area contributed by atoms with Crippen LogP contribution in [0.5, 0.6) is 0 Å². The quantitative estimate of drug-likeness (QED) is 0.544. The molecule has 2 aromatic carbocycles. The first-order chi connectivity index (χ1) is 15.8. The summed E-state index contributed by atoms with van der Waals surface area (Å²) < 4.78 is 32.6. The summed E-state index contributed by atoms with van der Waals surface area (Å²) in [5.41, 5.74) is 1.59. The molecule has 8 nitrogen and oxygen atoms in total. The van der Waals surface area contributed by atoms with E-state index < -0.39 is 15.9 Å². The summed E-state index contributed by atoms with van der Waals surface area (Å²) in [5, 5.41) is 5.58. The van der Waals surface area contributed by atoms with E-state index >= 15 is 0 Å². The smallest absolute Gasteiger partial charge is 0.255 e. The van der Waals surface area contributed by atoms with Gasteiger partial charge in [0.1, 0.15) is 0 Å². The second-order valence-corrected chi connectivity index (χ2v) is 9.98. The monoisotopic (exact) mass is 473 g/mol. The first kappa shape index (κ1) is 24.9. The van der Waals surface area contributed by atoms with Crippen molar-refractivity contribution in [1.29, 1.82) is 0 Å². The molecule has 2 amide bonds. The summed E-state index contributed by atoms with van der Waals surface area (Å²) in [6.07, 6.45) is 3.37. The van der Waals surface area contributed by atoms with Gasteiger partial charge in [-0.15, -0.1) is 0 Å². The zero-order valence-electron chi connectivity index (χ0n) is 19.1. The van der Waals surface area contributed by atoms with Crippen LogP contribution in [0.4, 0.5) is 5.69 Å². The number of benzene rings is 2. The van der Waals surface area contributed by atoms with E-state index in [1.54, 1.807) is 44.4 Å². The number of sulfonamides is 1. The Kier molecular flexibility index (Phi) is 8.60. The van der Waals surface area contributed by atoms with Crippen LogP contribution >= 0.6 is 0 Å². The van der Waals surface area contributed by atoms with Crippen molar-refractivity contribution in [2.45, 2.75) is 37.5 Å². The molecule has 3 rings (SSSR count). The van der Waals surface area contributed by atoms with Gasteiger partial charge >= 0.3 is 0 Å². The predicted octanol–water partition coefficient (Wildman–Crippen LogP) is 3.19. The Hall–Kier alpha value is -2.75. The van der Waals surface area contributed by atoms with Gasteiger partial charge in [0.2, 0.25) is 10.0 Å². The van der Waals surface area contributed by atoms with Gasteiger partial charge in [-0.2, -0.15) is 4.31 Å². The van der Waals surface area contributed by atoms with Crippen molar-refractivity contribution in [3.05, 3.63) is 59.2 Å². The van der Waals surface area contributed by atoms with Crippen molar-refractivity contribution in [3.8, 4) is 0 Å². The van der Waals surface area contributed by atoms with Crippen molar-refractivity contribution >= 4 is 27.5 Å². The molecule has 9 heteroatoms. The number of amides is 2. The lowest BCUT2D eigenvalue weighted by Crippen LogP contribution is -2.35. The lowest BCUT2D eigenvalue weighted by molar-refractivity contribution is 0.0949. The Morgan fingerprint density at radius 1 is 1.00 bits per heavy atom. The highest BCUT2D eigenvalue weighted by molar-refractivity contribution is 7.89. The van der Waals surface area contributed by atoms with Crippen molar-refractivity contribution in [3.63, 3.8) is 0 Å². The minimum Gasteiger partial charge on any atom is -0.385 e. The number of nitrogens with zero attached hydrogens (tertiary/aromatic N) is 1. The van der Waals surface area contributed by atoms with Gasteiger partial charge < -0.3 is 15.4 Å². The fraction of sp³-hybridized carbons (Fsp3) is 0.417. The largest absolute Gasteiger partial charge is 0.385 e. The number of para-hydroxylation sites is 1. The van der Waals surface area contributed by atoms with E-state index in [1.165, 1.54) is 16.4 Å². The highest BCUT2D eigenvalue weighted by Gasteiger charge is 2.27. The fourth-order valence-corrected chi connectivity index (χ4v) is 5.30. The molecular weight excluding hydrogens is 442 g/mol. The van der Waals surface area contributed by atoms with Gasteiger partial charge in [0.25, 0.3) is 11.8 Å². The number of nitrogens with one attached hydrogen (secondary N) is 2. The highest BCUT2D eigenvalue weighted by atomic mass is 32.2. The van der Waals surface area contributed by atoms with Crippen LogP contribution in [0.2, 0.25) is 0 Å². The first-order valence-corrected chi connectivity index (χ1v) is 12.6. The van der Waals surface area contributed by atoms with Crippen LogP contribution in [0.15, 0.2) is 47.4 Å². The van der Waals surface area contributed by atoms with Crippen molar-refractivity contribution < 1.29 is 22.7 Å². The van der Waals surface area contributed by atoms with Crippen LogP contribution in [-0.2, 0) is 14.8 Å². The molecule has 178 valence electrons. The summed E-state index contributed by atoms with van der Waals surface area (Å²) >= 11 is 0. The van der Waals surface area contributed by atoms with Crippen LogP contribution in [0.25, 0.3) is 0 Å². The van der Waals surface area contributed by atoms with Crippen LogP contribution in [0.1, 0.15) is 52.0 Å². The van der Waals surface area contributed by atoms with Gasteiger partial charge in [0.05, 0.1) is 16.1 Å². The Bertz CT molecular complexity index is 1100. The fourth-order valence-electron chi connectivity index (χ4n) is 3.75. The number of hydrogen-bond acceptors (Lipinski definition) is 5. The van der Waals surface area contributed by atoms with Crippen LogP contribution < -0.4 is 10.6 Å². The molecule has 0 unspecified atom stereocenters. The van der Waals surface area contributed by atoms with E-state index in [0.29, 0.717) is 49.5 Å². The summed E-state index contributed by atoms with van der Waals surface area (Å²) in [6.45, 7) is 3.72. The topological polar surface area (TPSA) is 105 Å². The number of piperidine rings is 1. The molecule has 2 N–H and O–H groups in total. The number of hydrogen-bond donors (Lipinski definition) is 2. The Morgan fingerprint density at radius 3 is 2.45 bits per heavy atom. The molecule has 1 aliphatic rings. The molecule has 1 aliphatic heterocycles. The summed E-state index contributed by atoms with van der Waals surface area (Å²) in [5.74, 6) is -0.775. The number of carbonyl (C=O) groups is 2. The van der Waals surface area contributed by atoms with Crippen LogP contribution in [0.3, 0.4) is 0 Å². The van der Waals surface area contributed by atoms with Gasteiger partial charge in [-0.3, -0.25) is 9.59 Å². The molecule has 1 fully saturated rings. The Labute approximate surface area is 195 Å². The SMILES string of the molecule is COCCCNC(=O)c1ccccc1NC(=O)c1cc(S(=O)(=O)N2CCCCC2)ccc1C. The molecular formula is C24H31N3O5S. The molecule has 1 saturated heterocycles. The molecule has 0 atom stereocenters. The Balaban J connectivity index is 1.80. The van der Waals surface area contributed by atoms with E-state index in [-0.39, 0.29) is 16.4 Å². The third-order valence-corrected chi connectivity index (χ3v) is 7.53. The van der Waals surface area contributed by atoms with Crippen molar-refractivity contribution in [2.24, 2.45) is 0 Å². The second-order valence-electron chi connectivity index (χ2n) is 8.04. The maximum Gasteiger partial charge on any atom is 0.255 e. The van der Waals surface area contributed by atoms with E-state index in [2.05, 4.69) is 10.6 Å². The minimum absolute atomic E-state index is 0.101. The normalized spacial score (nSPS) is 14.6. The van der Waals surface area contributed by atoms with Gasteiger partial charge in [0.15, 0.2) is 0 Å². The predicted molar refractivity (Wildman–Crippen MR) is 127 cm³/mol. The third kappa shape index (κ3) is 6.19. The molecule has 2 aromatic rings. The average Bonchev–Trinajstić information content (AvgIpc) is 2.82. The minimum atomic E-state index is -3.67. The standard InChI is InChI=1S/C24H31N3O5S/c1-18-11-12-19(33(30,31)27-14-6-3-7-15-27)17-21(18)24(29)26-22-10-5-4-9-20(22)23(28)25-13-8-16-32-2/h4-5,9-12,17H,3,6-8,13-16H2,1-2H3,(H,25,28)(H,26,29). The zero-order valence-corrected chi connectivity index (χ0v) is 19.9. The second kappa shape index (κ2) is 11.4. The average molecular weight is 474 g/mol. The zero-order chi connectivity index (χ0) is 23.8. The molecule has 1 heterocycles. The molecule has 0 spiro atoms. The molecule has 0 aromatic heterocycles. The Morgan fingerprint density at radius 2 is 1.73 bits per heavy atom. The number of methoxy groups -OCH3 is 1. The number of anilines is 1. The van der Waals surface area contributed by atoms with Gasteiger partial charge in [0, 0.05) is 38.9 Å². The van der Waals surface area contributed by atoms with Crippen molar-refractivity contribution in [1.82, 2.24) is 9.62 Å². The molecule has 0 radical (unpaired) electrons. The molecule has 33 heavy (non-hydrogen) atoms. The van der Waals surface area contributed by atoms with Crippen molar-refractivity contribution in [2.75, 3.05) is 38.7 Å².